The van der Waals surface area contributed by atoms with E-state index in [0.717, 1.165) is 18.4 Å². The molecule has 1 atom stereocenters. The molecule has 1 aromatic rings. The van der Waals surface area contributed by atoms with Gasteiger partial charge in [-0.2, -0.15) is 0 Å². The number of carbonyl (C=O) groups is 1. The molecule has 0 aliphatic rings. The lowest BCUT2D eigenvalue weighted by Gasteiger charge is -2.18. The molecule has 0 radical (unpaired) electrons. The fraction of sp³-hybridized carbons (Fsp3) is 0.500. The number of hydrogen-bond acceptors (Lipinski definition) is 1. The molecule has 0 saturated heterocycles. The van der Waals surface area contributed by atoms with Gasteiger partial charge in [0.05, 0.1) is 6.04 Å². The van der Waals surface area contributed by atoms with E-state index in [9.17, 15) is 4.79 Å². The Kier molecular flexibility index (Phi) is 5.03. The lowest BCUT2D eigenvalue weighted by Crippen LogP contribution is -2.32. The third-order valence-corrected chi connectivity index (χ3v) is 3.01. The van der Waals surface area contributed by atoms with E-state index in [1.54, 1.807) is 0 Å². The van der Waals surface area contributed by atoms with E-state index in [0.29, 0.717) is 0 Å². The van der Waals surface area contributed by atoms with E-state index < -0.39 is 0 Å². The van der Waals surface area contributed by atoms with Gasteiger partial charge in [0.1, 0.15) is 0 Å². The Hall–Kier alpha value is -1.31. The van der Waals surface area contributed by atoms with Gasteiger partial charge in [0.25, 0.3) is 0 Å². The van der Waals surface area contributed by atoms with Crippen molar-refractivity contribution >= 4 is 5.91 Å². The summed E-state index contributed by atoms with van der Waals surface area (Å²) in [4.78, 5) is 11.9. The topological polar surface area (TPSA) is 29.1 Å². The minimum Gasteiger partial charge on any atom is -0.349 e. The first kappa shape index (κ1) is 12.8. The molecule has 0 fully saturated rings. The van der Waals surface area contributed by atoms with Gasteiger partial charge >= 0.3 is 0 Å². The van der Waals surface area contributed by atoms with E-state index in [4.69, 9.17) is 0 Å². The predicted molar refractivity (Wildman–Crippen MR) is 67.1 cm³/mol. The van der Waals surface area contributed by atoms with Crippen LogP contribution in [0.15, 0.2) is 30.3 Å². The Balaban J connectivity index is 2.58. The maximum atomic E-state index is 11.9. The van der Waals surface area contributed by atoms with Crippen LogP contribution in [0, 0.1) is 5.92 Å². The van der Waals surface area contributed by atoms with Crippen LogP contribution in [0.3, 0.4) is 0 Å². The smallest absolute Gasteiger partial charge is 0.223 e. The second-order valence-corrected chi connectivity index (χ2v) is 4.15. The third kappa shape index (κ3) is 3.37. The maximum absolute atomic E-state index is 11.9. The van der Waals surface area contributed by atoms with E-state index in [1.807, 2.05) is 37.3 Å². The molecule has 0 aliphatic carbocycles. The molecule has 1 aromatic carbocycles. The molecular weight excluding hydrogens is 198 g/mol. The largest absolute Gasteiger partial charge is 0.349 e. The van der Waals surface area contributed by atoms with Gasteiger partial charge < -0.3 is 5.32 Å². The first-order valence-corrected chi connectivity index (χ1v) is 6.04. The Morgan fingerprint density at radius 1 is 1.19 bits per heavy atom. The molecule has 0 aliphatic heterocycles. The molecular formula is C14H21NO. The van der Waals surface area contributed by atoms with Crippen molar-refractivity contribution in [1.82, 2.24) is 5.32 Å². The lowest BCUT2D eigenvalue weighted by molar-refractivity contribution is -0.125. The van der Waals surface area contributed by atoms with Gasteiger partial charge in [-0.1, -0.05) is 44.2 Å². The van der Waals surface area contributed by atoms with Gasteiger partial charge in [0.15, 0.2) is 0 Å². The van der Waals surface area contributed by atoms with Crippen LogP contribution in [0.25, 0.3) is 0 Å². The molecule has 0 saturated carbocycles. The van der Waals surface area contributed by atoms with Crippen LogP contribution in [0.4, 0.5) is 0 Å². The van der Waals surface area contributed by atoms with Crippen molar-refractivity contribution in [2.24, 2.45) is 5.92 Å². The van der Waals surface area contributed by atoms with Crippen molar-refractivity contribution in [1.29, 1.82) is 0 Å². The summed E-state index contributed by atoms with van der Waals surface area (Å²) in [5.41, 5.74) is 1.15. The molecule has 0 aromatic heterocycles. The molecule has 1 N–H and O–H groups in total. The fourth-order valence-corrected chi connectivity index (χ4v) is 1.82. The molecule has 0 bridgehead atoms. The number of nitrogens with one attached hydrogen (secondary N) is 1. The summed E-state index contributed by atoms with van der Waals surface area (Å²) in [5, 5.41) is 3.06. The Morgan fingerprint density at radius 3 is 2.25 bits per heavy atom. The first-order chi connectivity index (χ1) is 7.69. The van der Waals surface area contributed by atoms with E-state index >= 15 is 0 Å². The zero-order valence-corrected chi connectivity index (χ0v) is 10.4. The minimum absolute atomic E-state index is 0.0919. The van der Waals surface area contributed by atoms with Crippen molar-refractivity contribution < 1.29 is 4.79 Å². The minimum atomic E-state index is 0.0919. The highest BCUT2D eigenvalue weighted by Gasteiger charge is 2.16. The van der Waals surface area contributed by atoms with Crippen molar-refractivity contribution in [3.05, 3.63) is 35.9 Å². The van der Waals surface area contributed by atoms with Crippen molar-refractivity contribution in [2.45, 2.75) is 39.7 Å². The van der Waals surface area contributed by atoms with Crippen molar-refractivity contribution in [2.75, 3.05) is 0 Å². The zero-order chi connectivity index (χ0) is 12.0. The van der Waals surface area contributed by atoms with Gasteiger partial charge in [-0.25, -0.2) is 0 Å². The van der Waals surface area contributed by atoms with Gasteiger partial charge in [-0.15, -0.1) is 0 Å². The summed E-state index contributed by atoms with van der Waals surface area (Å²) in [7, 11) is 0. The molecule has 1 rings (SSSR count). The highest BCUT2D eigenvalue weighted by atomic mass is 16.1. The molecule has 88 valence electrons. The number of rotatable bonds is 5. The number of carbonyl (C=O) groups excluding carboxylic acids is 1. The highest BCUT2D eigenvalue weighted by molar-refractivity contribution is 5.78. The Labute approximate surface area is 98.1 Å². The van der Waals surface area contributed by atoms with E-state index in [-0.39, 0.29) is 17.9 Å². The number of amides is 1. The number of benzene rings is 1. The monoisotopic (exact) mass is 219 g/mol. The van der Waals surface area contributed by atoms with E-state index in [1.165, 1.54) is 0 Å². The molecule has 0 spiro atoms. The third-order valence-electron chi connectivity index (χ3n) is 3.01. The predicted octanol–water partition coefficient (Wildman–Crippen LogP) is 3.30. The Bertz CT molecular complexity index is 317. The first-order valence-electron chi connectivity index (χ1n) is 6.04. The summed E-state index contributed by atoms with van der Waals surface area (Å²) in [6, 6.07) is 10.1. The van der Waals surface area contributed by atoms with Crippen LogP contribution in [-0.4, -0.2) is 5.91 Å². The van der Waals surface area contributed by atoms with Gasteiger partial charge in [0, 0.05) is 5.92 Å². The summed E-state index contributed by atoms with van der Waals surface area (Å²) in [6.07, 6.45) is 1.81. The molecule has 0 unspecified atom stereocenters. The highest BCUT2D eigenvalue weighted by Crippen LogP contribution is 2.14. The molecule has 16 heavy (non-hydrogen) atoms. The molecule has 0 heterocycles. The van der Waals surface area contributed by atoms with Gasteiger partial charge in [-0.3, -0.25) is 4.79 Å². The van der Waals surface area contributed by atoms with Crippen LogP contribution in [-0.2, 0) is 4.79 Å². The second kappa shape index (κ2) is 6.31. The SMILES string of the molecule is CCC(CC)C(=O)N[C@@H](C)c1ccccc1. The standard InChI is InChI=1S/C14H21NO/c1-4-12(5-2)14(16)15-11(3)13-9-7-6-8-10-13/h6-12H,4-5H2,1-3H3,(H,15,16)/t11-/m0/s1. The maximum Gasteiger partial charge on any atom is 0.223 e. The van der Waals surface area contributed by atoms with Crippen LogP contribution < -0.4 is 5.32 Å². The number of hydrogen-bond donors (Lipinski definition) is 1. The summed E-state index contributed by atoms with van der Waals surface area (Å²) in [5.74, 6) is 0.313. The molecule has 1 amide bonds. The fourth-order valence-electron chi connectivity index (χ4n) is 1.82. The summed E-state index contributed by atoms with van der Waals surface area (Å²) in [6.45, 7) is 6.14. The molecule has 2 nitrogen and oxygen atoms in total. The lowest BCUT2D eigenvalue weighted by atomic mass is 10.0. The van der Waals surface area contributed by atoms with Crippen LogP contribution in [0.1, 0.15) is 45.2 Å². The summed E-state index contributed by atoms with van der Waals surface area (Å²) >= 11 is 0. The zero-order valence-electron chi connectivity index (χ0n) is 10.4. The normalized spacial score (nSPS) is 12.5. The summed E-state index contributed by atoms with van der Waals surface area (Å²) < 4.78 is 0. The van der Waals surface area contributed by atoms with E-state index in [2.05, 4.69) is 19.2 Å². The second-order valence-electron chi connectivity index (χ2n) is 4.15. The Morgan fingerprint density at radius 2 is 1.75 bits per heavy atom. The van der Waals surface area contributed by atoms with Gasteiger partial charge in [-0.05, 0) is 25.3 Å². The van der Waals surface area contributed by atoms with Crippen molar-refractivity contribution in [3.63, 3.8) is 0 Å². The average Bonchev–Trinajstić information content (AvgIpc) is 2.31. The van der Waals surface area contributed by atoms with Crippen LogP contribution >= 0.6 is 0 Å². The van der Waals surface area contributed by atoms with Crippen LogP contribution in [0.2, 0.25) is 0 Å². The van der Waals surface area contributed by atoms with Crippen molar-refractivity contribution in [3.8, 4) is 0 Å². The quantitative estimate of drug-likeness (QED) is 0.809. The average molecular weight is 219 g/mol. The molecule has 2 heteroatoms. The van der Waals surface area contributed by atoms with Crippen LogP contribution in [0.5, 0.6) is 0 Å². The van der Waals surface area contributed by atoms with Gasteiger partial charge in [0.2, 0.25) is 5.91 Å².